The number of carbonyl (C=O) groups is 3. The molecule has 1 aliphatic rings. The first-order chi connectivity index (χ1) is 14.4. The summed E-state index contributed by atoms with van der Waals surface area (Å²) in [5.74, 6) is -0.345. The van der Waals surface area contributed by atoms with Crippen LogP contribution in [0.5, 0.6) is 5.75 Å². The number of nitrogens with zero attached hydrogens (tertiary/aromatic N) is 1. The highest BCUT2D eigenvalue weighted by Gasteiger charge is 2.33. The number of benzene rings is 1. The summed E-state index contributed by atoms with van der Waals surface area (Å²) in [5.41, 5.74) is 1.49. The van der Waals surface area contributed by atoms with Crippen LogP contribution in [0.25, 0.3) is 0 Å². The summed E-state index contributed by atoms with van der Waals surface area (Å²) in [5, 5.41) is 5.56. The summed E-state index contributed by atoms with van der Waals surface area (Å²) in [7, 11) is 0. The third-order valence-corrected chi connectivity index (χ3v) is 4.51. The number of carbonyl (C=O) groups excluding carboxylic acids is 3. The van der Waals surface area contributed by atoms with Crippen molar-refractivity contribution in [3.63, 3.8) is 0 Å². The van der Waals surface area contributed by atoms with E-state index in [1.165, 1.54) is 0 Å². The Hall–Kier alpha value is -2.87. The second kappa shape index (κ2) is 12.0. The van der Waals surface area contributed by atoms with Crippen LogP contribution in [0.2, 0.25) is 0 Å². The first-order valence-corrected chi connectivity index (χ1v) is 10.2. The molecule has 0 spiro atoms. The molecule has 164 valence electrons. The number of rotatable bonds is 11. The molecule has 2 N–H and O–H groups in total. The van der Waals surface area contributed by atoms with Gasteiger partial charge < -0.3 is 20.1 Å². The average Bonchev–Trinajstić information content (AvgIpc) is 2.69. The van der Waals surface area contributed by atoms with Crippen LogP contribution in [-0.4, -0.2) is 61.6 Å². The van der Waals surface area contributed by atoms with Gasteiger partial charge in [-0.1, -0.05) is 26.0 Å². The zero-order valence-electron chi connectivity index (χ0n) is 17.7. The number of hydrogen-bond acceptors (Lipinski definition) is 6. The van der Waals surface area contributed by atoms with Gasteiger partial charge in [0.05, 0.1) is 19.6 Å². The van der Waals surface area contributed by atoms with Crippen LogP contribution in [0.1, 0.15) is 33.1 Å². The molecule has 0 aromatic heterocycles. The molecule has 1 saturated heterocycles. The average molecular weight is 418 g/mol. The molecule has 1 atom stereocenters. The van der Waals surface area contributed by atoms with Gasteiger partial charge in [-0.05, 0) is 31.1 Å². The maximum Gasteiger partial charge on any atom is 0.307 e. The van der Waals surface area contributed by atoms with Crippen molar-refractivity contribution in [3.05, 3.63) is 36.4 Å². The highest BCUT2D eigenvalue weighted by atomic mass is 16.5. The summed E-state index contributed by atoms with van der Waals surface area (Å²) >= 11 is 0. The van der Waals surface area contributed by atoms with Crippen molar-refractivity contribution in [2.45, 2.75) is 39.2 Å². The van der Waals surface area contributed by atoms with Crippen molar-refractivity contribution in [1.82, 2.24) is 10.2 Å². The SMILES string of the molecule is C=C(C)COc1cccc(NC(=O)CN2CCNC(=O)C2CC(=O)OCCCC)c1. The number of hydrogen-bond donors (Lipinski definition) is 2. The van der Waals surface area contributed by atoms with Gasteiger partial charge in [0.15, 0.2) is 0 Å². The molecule has 8 heteroatoms. The molecule has 2 amide bonds. The van der Waals surface area contributed by atoms with Crippen LogP contribution in [0.15, 0.2) is 36.4 Å². The van der Waals surface area contributed by atoms with E-state index in [0.29, 0.717) is 37.7 Å². The van der Waals surface area contributed by atoms with E-state index >= 15 is 0 Å². The van der Waals surface area contributed by atoms with Gasteiger partial charge >= 0.3 is 5.97 Å². The largest absolute Gasteiger partial charge is 0.489 e. The maximum absolute atomic E-state index is 12.6. The molecule has 0 saturated carbocycles. The van der Waals surface area contributed by atoms with Crippen molar-refractivity contribution in [1.29, 1.82) is 0 Å². The lowest BCUT2D eigenvalue weighted by atomic mass is 10.1. The number of esters is 1. The lowest BCUT2D eigenvalue weighted by Crippen LogP contribution is -2.57. The number of anilines is 1. The predicted octanol–water partition coefficient (Wildman–Crippen LogP) is 2.11. The Morgan fingerprint density at radius 3 is 2.90 bits per heavy atom. The van der Waals surface area contributed by atoms with Crippen molar-refractivity contribution >= 4 is 23.5 Å². The molecule has 2 rings (SSSR count). The minimum absolute atomic E-state index is 0.00280. The van der Waals surface area contributed by atoms with E-state index in [-0.39, 0.29) is 24.8 Å². The van der Waals surface area contributed by atoms with Crippen LogP contribution in [-0.2, 0) is 19.1 Å². The van der Waals surface area contributed by atoms with E-state index in [1.807, 2.05) is 13.8 Å². The molecule has 30 heavy (non-hydrogen) atoms. The fourth-order valence-corrected chi connectivity index (χ4v) is 2.98. The second-order valence-electron chi connectivity index (χ2n) is 7.38. The van der Waals surface area contributed by atoms with Crippen LogP contribution in [0.4, 0.5) is 5.69 Å². The molecule has 1 aromatic rings. The minimum atomic E-state index is -0.719. The third-order valence-electron chi connectivity index (χ3n) is 4.51. The smallest absolute Gasteiger partial charge is 0.307 e. The van der Waals surface area contributed by atoms with Gasteiger partial charge in [0.2, 0.25) is 11.8 Å². The highest BCUT2D eigenvalue weighted by Crippen LogP contribution is 2.18. The predicted molar refractivity (Wildman–Crippen MR) is 114 cm³/mol. The molecular formula is C22H31N3O5. The fraction of sp³-hybridized carbons (Fsp3) is 0.500. The number of amides is 2. The van der Waals surface area contributed by atoms with Crippen molar-refractivity contribution < 1.29 is 23.9 Å². The highest BCUT2D eigenvalue weighted by molar-refractivity contribution is 5.93. The number of piperazine rings is 1. The summed E-state index contributed by atoms with van der Waals surface area (Å²) in [4.78, 5) is 38.6. The third kappa shape index (κ3) is 7.87. The van der Waals surface area contributed by atoms with Crippen LogP contribution < -0.4 is 15.4 Å². The van der Waals surface area contributed by atoms with E-state index in [1.54, 1.807) is 29.2 Å². The van der Waals surface area contributed by atoms with Crippen LogP contribution >= 0.6 is 0 Å². The molecule has 1 heterocycles. The van der Waals surface area contributed by atoms with Crippen molar-refractivity contribution in [2.24, 2.45) is 0 Å². The Bertz CT molecular complexity index is 765. The number of ether oxygens (including phenoxy) is 2. The molecular weight excluding hydrogens is 386 g/mol. The van der Waals surface area contributed by atoms with Gasteiger partial charge in [-0.2, -0.15) is 0 Å². The lowest BCUT2D eigenvalue weighted by Gasteiger charge is -2.33. The zero-order chi connectivity index (χ0) is 21.9. The lowest BCUT2D eigenvalue weighted by molar-refractivity contribution is -0.149. The Morgan fingerprint density at radius 1 is 1.37 bits per heavy atom. The summed E-state index contributed by atoms with van der Waals surface area (Å²) in [6.45, 7) is 9.32. The molecule has 1 unspecified atom stereocenters. The van der Waals surface area contributed by atoms with E-state index < -0.39 is 12.0 Å². The van der Waals surface area contributed by atoms with Gasteiger partial charge in [-0.25, -0.2) is 0 Å². The fourth-order valence-electron chi connectivity index (χ4n) is 2.98. The van der Waals surface area contributed by atoms with E-state index in [9.17, 15) is 14.4 Å². The van der Waals surface area contributed by atoms with E-state index in [4.69, 9.17) is 9.47 Å². The van der Waals surface area contributed by atoms with E-state index in [2.05, 4.69) is 17.2 Å². The number of nitrogens with one attached hydrogen (secondary N) is 2. The topological polar surface area (TPSA) is 97.0 Å². The van der Waals surface area contributed by atoms with Gasteiger partial charge in [0, 0.05) is 24.8 Å². The van der Waals surface area contributed by atoms with Gasteiger partial charge in [0.1, 0.15) is 18.4 Å². The molecule has 1 aliphatic heterocycles. The molecule has 0 radical (unpaired) electrons. The monoisotopic (exact) mass is 417 g/mol. The summed E-state index contributed by atoms with van der Waals surface area (Å²) < 4.78 is 10.8. The molecule has 0 bridgehead atoms. The van der Waals surface area contributed by atoms with Crippen LogP contribution in [0, 0.1) is 0 Å². The van der Waals surface area contributed by atoms with Crippen molar-refractivity contribution in [3.8, 4) is 5.75 Å². The molecule has 0 aliphatic carbocycles. The normalized spacial score (nSPS) is 16.5. The van der Waals surface area contributed by atoms with Gasteiger partial charge in [-0.3, -0.25) is 19.3 Å². The molecule has 1 aromatic carbocycles. The van der Waals surface area contributed by atoms with Crippen molar-refractivity contribution in [2.75, 3.05) is 38.2 Å². The standard InChI is InChI=1S/C22H31N3O5/c1-4-5-11-29-21(27)13-19-22(28)23-9-10-25(19)14-20(26)24-17-7-6-8-18(12-17)30-15-16(2)3/h6-8,12,19H,2,4-5,9-11,13-15H2,1,3H3,(H,23,28)(H,24,26). The van der Waals surface area contributed by atoms with Crippen LogP contribution in [0.3, 0.4) is 0 Å². The quantitative estimate of drug-likeness (QED) is 0.325. The summed E-state index contributed by atoms with van der Waals surface area (Å²) in [6, 6.07) is 6.35. The Kier molecular flexibility index (Phi) is 9.34. The van der Waals surface area contributed by atoms with Gasteiger partial charge in [-0.15, -0.1) is 0 Å². The Morgan fingerprint density at radius 2 is 2.17 bits per heavy atom. The summed E-state index contributed by atoms with van der Waals surface area (Å²) in [6.07, 6.45) is 1.62. The second-order valence-corrected chi connectivity index (χ2v) is 7.38. The maximum atomic E-state index is 12.6. The molecule has 1 fully saturated rings. The Balaban J connectivity index is 1.93. The first kappa shape index (κ1) is 23.4. The van der Waals surface area contributed by atoms with Gasteiger partial charge in [0.25, 0.3) is 0 Å². The first-order valence-electron chi connectivity index (χ1n) is 10.2. The zero-order valence-corrected chi connectivity index (χ0v) is 17.7. The Labute approximate surface area is 177 Å². The minimum Gasteiger partial charge on any atom is -0.489 e. The van der Waals surface area contributed by atoms with E-state index in [0.717, 1.165) is 18.4 Å². The number of unbranched alkanes of at least 4 members (excludes halogenated alkanes) is 1. The molecule has 8 nitrogen and oxygen atoms in total.